The molecule has 1 fully saturated rings. The maximum atomic E-state index is 12.3. The molecule has 0 spiro atoms. The molecular weight excluding hydrogens is 272 g/mol. The molecule has 0 aliphatic carbocycles. The van der Waals surface area contributed by atoms with Crippen molar-refractivity contribution in [1.82, 2.24) is 5.32 Å². The van der Waals surface area contributed by atoms with E-state index >= 15 is 0 Å². The van der Waals surface area contributed by atoms with Crippen molar-refractivity contribution in [1.29, 1.82) is 0 Å². The molecule has 0 bridgehead atoms. The number of piperidine rings is 1. The third-order valence-corrected chi connectivity index (χ3v) is 3.62. The molecular formula is C16H25ClN2O. The van der Waals surface area contributed by atoms with Crippen LogP contribution in [0.25, 0.3) is 0 Å². The van der Waals surface area contributed by atoms with Gasteiger partial charge in [0.1, 0.15) is 0 Å². The predicted molar refractivity (Wildman–Crippen MR) is 86.7 cm³/mol. The Labute approximate surface area is 127 Å². The minimum atomic E-state index is -0.0400. The first-order valence-corrected chi connectivity index (χ1v) is 7.12. The first-order chi connectivity index (χ1) is 8.98. The molecule has 1 saturated heterocycles. The quantitative estimate of drug-likeness (QED) is 0.877. The van der Waals surface area contributed by atoms with Gasteiger partial charge in [-0.1, -0.05) is 45.4 Å². The van der Waals surface area contributed by atoms with E-state index in [-0.39, 0.29) is 29.8 Å². The number of hydrogen-bond acceptors (Lipinski definition) is 2. The molecule has 4 heteroatoms. The largest absolute Gasteiger partial charge is 0.324 e. The second-order valence-electron chi connectivity index (χ2n) is 6.29. The summed E-state index contributed by atoms with van der Waals surface area (Å²) in [5, 5.41) is 6.37. The Bertz CT molecular complexity index is 448. The Kier molecular flexibility index (Phi) is 6.03. The van der Waals surface area contributed by atoms with Gasteiger partial charge >= 0.3 is 0 Å². The molecule has 1 aromatic carbocycles. The number of rotatable bonds is 2. The smallest absolute Gasteiger partial charge is 0.241 e. The highest BCUT2D eigenvalue weighted by molar-refractivity contribution is 5.95. The molecule has 112 valence electrons. The zero-order valence-electron chi connectivity index (χ0n) is 12.5. The Morgan fingerprint density at radius 3 is 2.55 bits per heavy atom. The van der Waals surface area contributed by atoms with Gasteiger partial charge < -0.3 is 10.6 Å². The van der Waals surface area contributed by atoms with Crippen molar-refractivity contribution >= 4 is 24.0 Å². The van der Waals surface area contributed by atoms with E-state index in [2.05, 4.69) is 37.5 Å². The second-order valence-corrected chi connectivity index (χ2v) is 6.29. The van der Waals surface area contributed by atoms with Gasteiger partial charge in [0, 0.05) is 5.69 Å². The van der Waals surface area contributed by atoms with Crippen molar-refractivity contribution in [2.24, 2.45) is 0 Å². The lowest BCUT2D eigenvalue weighted by molar-refractivity contribution is -0.118. The van der Waals surface area contributed by atoms with Gasteiger partial charge in [-0.25, -0.2) is 0 Å². The average molecular weight is 297 g/mol. The fourth-order valence-corrected chi connectivity index (χ4v) is 2.54. The number of nitrogens with one attached hydrogen (secondary N) is 2. The van der Waals surface area contributed by atoms with Crippen LogP contribution in [-0.2, 0) is 10.2 Å². The summed E-state index contributed by atoms with van der Waals surface area (Å²) in [4.78, 5) is 12.3. The van der Waals surface area contributed by atoms with Gasteiger partial charge in [0.2, 0.25) is 5.91 Å². The topological polar surface area (TPSA) is 41.1 Å². The number of benzene rings is 1. The van der Waals surface area contributed by atoms with E-state index in [1.165, 1.54) is 12.0 Å². The highest BCUT2D eigenvalue weighted by Gasteiger charge is 2.23. The number of hydrogen-bond donors (Lipinski definition) is 2. The molecule has 3 nitrogen and oxygen atoms in total. The molecule has 0 radical (unpaired) electrons. The SMILES string of the molecule is CC(C)(C)c1ccccc1NC(=O)C1CCCCN1.Cl. The normalized spacial score (nSPS) is 19.1. The Balaban J connectivity index is 0.00000200. The lowest BCUT2D eigenvalue weighted by Crippen LogP contribution is -2.43. The standard InChI is InChI=1S/C16H24N2O.ClH/c1-16(2,3)12-8-4-5-9-13(12)18-15(19)14-10-6-7-11-17-14;/h4-5,8-9,14,17H,6-7,10-11H2,1-3H3,(H,18,19);1H. The first kappa shape index (κ1) is 17.0. The van der Waals surface area contributed by atoms with Crippen molar-refractivity contribution < 1.29 is 4.79 Å². The molecule has 2 N–H and O–H groups in total. The fourth-order valence-electron chi connectivity index (χ4n) is 2.54. The summed E-state index contributed by atoms with van der Waals surface area (Å²) in [6.45, 7) is 7.43. The van der Waals surface area contributed by atoms with Crippen LogP contribution >= 0.6 is 12.4 Å². The van der Waals surface area contributed by atoms with E-state index in [1.54, 1.807) is 0 Å². The van der Waals surface area contributed by atoms with Crippen LogP contribution < -0.4 is 10.6 Å². The molecule has 1 amide bonds. The lowest BCUT2D eigenvalue weighted by Gasteiger charge is -2.26. The van der Waals surface area contributed by atoms with Crippen LogP contribution in [0.5, 0.6) is 0 Å². The Morgan fingerprint density at radius 1 is 1.25 bits per heavy atom. The molecule has 0 saturated carbocycles. The maximum absolute atomic E-state index is 12.3. The van der Waals surface area contributed by atoms with Gasteiger partial charge in [0.25, 0.3) is 0 Å². The molecule has 1 atom stereocenters. The van der Waals surface area contributed by atoms with E-state index in [1.807, 2.05) is 18.2 Å². The van der Waals surface area contributed by atoms with Crippen molar-refractivity contribution in [2.75, 3.05) is 11.9 Å². The van der Waals surface area contributed by atoms with Gasteiger partial charge in [0.05, 0.1) is 6.04 Å². The van der Waals surface area contributed by atoms with Crippen LogP contribution in [0.3, 0.4) is 0 Å². The highest BCUT2D eigenvalue weighted by Crippen LogP contribution is 2.29. The van der Waals surface area contributed by atoms with E-state index in [9.17, 15) is 4.79 Å². The van der Waals surface area contributed by atoms with E-state index in [0.717, 1.165) is 25.1 Å². The molecule has 1 aromatic rings. The highest BCUT2D eigenvalue weighted by atomic mass is 35.5. The van der Waals surface area contributed by atoms with Crippen LogP contribution in [0.2, 0.25) is 0 Å². The third-order valence-electron chi connectivity index (χ3n) is 3.62. The summed E-state index contributed by atoms with van der Waals surface area (Å²) in [7, 11) is 0. The van der Waals surface area contributed by atoms with Crippen molar-refractivity contribution in [3.8, 4) is 0 Å². The van der Waals surface area contributed by atoms with Gasteiger partial charge in [-0.05, 0) is 36.4 Å². The summed E-state index contributed by atoms with van der Waals surface area (Å²) in [6, 6.07) is 8.03. The van der Waals surface area contributed by atoms with Crippen LogP contribution in [0.15, 0.2) is 24.3 Å². The van der Waals surface area contributed by atoms with Gasteiger partial charge in [-0.2, -0.15) is 0 Å². The van der Waals surface area contributed by atoms with Crippen molar-refractivity contribution in [2.45, 2.75) is 51.5 Å². The van der Waals surface area contributed by atoms with Gasteiger partial charge in [0.15, 0.2) is 0 Å². The van der Waals surface area contributed by atoms with E-state index in [4.69, 9.17) is 0 Å². The van der Waals surface area contributed by atoms with Crippen LogP contribution in [-0.4, -0.2) is 18.5 Å². The van der Waals surface area contributed by atoms with Crippen LogP contribution in [0.4, 0.5) is 5.69 Å². The monoisotopic (exact) mass is 296 g/mol. The molecule has 0 aromatic heterocycles. The van der Waals surface area contributed by atoms with Crippen molar-refractivity contribution in [3.63, 3.8) is 0 Å². The van der Waals surface area contributed by atoms with E-state index in [0.29, 0.717) is 0 Å². The summed E-state index contributed by atoms with van der Waals surface area (Å²) < 4.78 is 0. The van der Waals surface area contributed by atoms with Crippen molar-refractivity contribution in [3.05, 3.63) is 29.8 Å². The van der Waals surface area contributed by atoms with E-state index < -0.39 is 0 Å². The molecule has 1 heterocycles. The third kappa shape index (κ3) is 4.22. The van der Waals surface area contributed by atoms with Crippen LogP contribution in [0, 0.1) is 0 Å². The lowest BCUT2D eigenvalue weighted by atomic mass is 9.85. The average Bonchev–Trinajstić information content (AvgIpc) is 2.39. The molecule has 2 rings (SSSR count). The number of carbonyl (C=O) groups is 1. The molecule has 1 aliphatic rings. The first-order valence-electron chi connectivity index (χ1n) is 7.12. The minimum Gasteiger partial charge on any atom is -0.324 e. The maximum Gasteiger partial charge on any atom is 0.241 e. The number of halogens is 1. The zero-order chi connectivity index (χ0) is 13.9. The summed E-state index contributed by atoms with van der Waals surface area (Å²) in [5.41, 5.74) is 2.15. The number of para-hydroxylation sites is 1. The predicted octanol–water partition coefficient (Wildman–Crippen LogP) is 3.49. The number of amides is 1. The summed E-state index contributed by atoms with van der Waals surface area (Å²) in [6.07, 6.45) is 3.23. The Morgan fingerprint density at radius 2 is 1.95 bits per heavy atom. The molecule has 20 heavy (non-hydrogen) atoms. The second kappa shape index (κ2) is 7.09. The molecule has 1 unspecified atom stereocenters. The Hall–Kier alpha value is -1.06. The van der Waals surface area contributed by atoms with Gasteiger partial charge in [-0.3, -0.25) is 4.79 Å². The number of anilines is 1. The minimum absolute atomic E-state index is 0. The summed E-state index contributed by atoms with van der Waals surface area (Å²) in [5.74, 6) is 0.0939. The molecule has 1 aliphatic heterocycles. The number of carbonyl (C=O) groups excluding carboxylic acids is 1. The zero-order valence-corrected chi connectivity index (χ0v) is 13.3. The fraction of sp³-hybridized carbons (Fsp3) is 0.562. The van der Waals surface area contributed by atoms with Gasteiger partial charge in [-0.15, -0.1) is 12.4 Å². The summed E-state index contributed by atoms with van der Waals surface area (Å²) >= 11 is 0. The van der Waals surface area contributed by atoms with Crippen LogP contribution in [0.1, 0.15) is 45.6 Å².